The van der Waals surface area contributed by atoms with Gasteiger partial charge in [-0.05, 0) is 73.8 Å². The lowest BCUT2D eigenvalue weighted by atomic mass is 10.0. The number of amides is 1. The first-order valence-corrected chi connectivity index (χ1v) is 13.7. The second-order valence-electron chi connectivity index (χ2n) is 9.49. The molecule has 6 rings (SSSR count). The maximum Gasteiger partial charge on any atom is 0.325 e. The Labute approximate surface area is 225 Å². The summed E-state index contributed by atoms with van der Waals surface area (Å²) in [5.74, 6) is 1.67. The summed E-state index contributed by atoms with van der Waals surface area (Å²) in [5.41, 5.74) is 3.78. The molecule has 2 aliphatic rings. The van der Waals surface area contributed by atoms with E-state index in [-0.39, 0.29) is 11.9 Å². The number of carbonyl (C=O) groups is 1. The Morgan fingerprint density at radius 3 is 2.61 bits per heavy atom. The first kappa shape index (κ1) is 24.4. The first-order chi connectivity index (χ1) is 18.6. The van der Waals surface area contributed by atoms with Crippen molar-refractivity contribution >= 4 is 38.8 Å². The van der Waals surface area contributed by atoms with E-state index in [2.05, 4.69) is 45.5 Å². The molecule has 0 bridgehead atoms. The van der Waals surface area contributed by atoms with Gasteiger partial charge in [0.15, 0.2) is 0 Å². The van der Waals surface area contributed by atoms with Gasteiger partial charge in [0.25, 0.3) is 0 Å². The van der Waals surface area contributed by atoms with Crippen LogP contribution in [0.4, 0.5) is 11.4 Å². The van der Waals surface area contributed by atoms with Gasteiger partial charge in [0.1, 0.15) is 16.2 Å². The summed E-state index contributed by atoms with van der Waals surface area (Å²) in [4.78, 5) is 28.1. The molecular formula is C29H29N5O3S. The molecule has 0 radical (unpaired) electrons. The smallest absolute Gasteiger partial charge is 0.325 e. The Morgan fingerprint density at radius 1 is 1.00 bits per heavy atom. The molecule has 1 amide bonds. The van der Waals surface area contributed by atoms with E-state index in [0.29, 0.717) is 23.9 Å². The predicted molar refractivity (Wildman–Crippen MR) is 151 cm³/mol. The van der Waals surface area contributed by atoms with E-state index in [1.165, 1.54) is 23.1 Å². The average molecular weight is 528 g/mol. The largest absolute Gasteiger partial charge is 0.437 e. The van der Waals surface area contributed by atoms with Gasteiger partial charge in [-0.15, -0.1) is 11.3 Å². The third-order valence-corrected chi connectivity index (χ3v) is 7.91. The molecular weight excluding hydrogens is 498 g/mol. The highest BCUT2D eigenvalue weighted by Gasteiger charge is 2.24. The molecule has 0 aliphatic carbocycles. The number of nitrogens with zero attached hydrogens (tertiary/aromatic N) is 5. The minimum atomic E-state index is -0.111. The maximum absolute atomic E-state index is 12.4. The van der Waals surface area contributed by atoms with Crippen molar-refractivity contribution in [2.45, 2.75) is 12.8 Å². The standard InChI is InChI=1S/C29H29N5O3S/c1-3-26(35)34-14-5-6-22-24(34)7-4-8-25(22)37-28-27-23(13-19-38-27)30-29(31-28)36-21-11-9-20(10-12-21)33-17-15-32(2)16-18-33/h3-4,7-13,19H,1,5-6,14-18H2,2H3. The van der Waals surface area contributed by atoms with Gasteiger partial charge in [-0.1, -0.05) is 12.6 Å². The zero-order chi connectivity index (χ0) is 26.1. The number of benzene rings is 2. The van der Waals surface area contributed by atoms with Crippen LogP contribution in [0.15, 0.2) is 66.6 Å². The third kappa shape index (κ3) is 4.82. The molecule has 9 heteroatoms. The molecule has 2 aliphatic heterocycles. The minimum Gasteiger partial charge on any atom is -0.437 e. The number of aromatic nitrogens is 2. The van der Waals surface area contributed by atoms with Gasteiger partial charge in [0.2, 0.25) is 11.8 Å². The van der Waals surface area contributed by atoms with E-state index < -0.39 is 0 Å². The molecule has 0 saturated carbocycles. The molecule has 1 saturated heterocycles. The summed E-state index contributed by atoms with van der Waals surface area (Å²) in [6.45, 7) is 8.45. The number of anilines is 2. The van der Waals surface area contributed by atoms with Crippen LogP contribution in [-0.4, -0.2) is 60.5 Å². The number of thiophene rings is 1. The molecule has 4 aromatic rings. The third-order valence-electron chi connectivity index (χ3n) is 7.02. The average Bonchev–Trinajstić information content (AvgIpc) is 3.42. The lowest BCUT2D eigenvalue weighted by molar-refractivity contribution is -0.114. The Kier molecular flexibility index (Phi) is 6.70. The highest BCUT2D eigenvalue weighted by Crippen LogP contribution is 2.39. The lowest BCUT2D eigenvalue weighted by Gasteiger charge is -2.34. The molecule has 0 spiro atoms. The van der Waals surface area contributed by atoms with E-state index in [9.17, 15) is 4.79 Å². The number of ether oxygens (including phenoxy) is 2. The van der Waals surface area contributed by atoms with Crippen LogP contribution in [-0.2, 0) is 11.2 Å². The van der Waals surface area contributed by atoms with Gasteiger partial charge >= 0.3 is 6.01 Å². The van der Waals surface area contributed by atoms with Crippen molar-refractivity contribution in [1.29, 1.82) is 0 Å². The van der Waals surface area contributed by atoms with Crippen molar-refractivity contribution < 1.29 is 14.3 Å². The Hall–Kier alpha value is -3.95. The molecule has 38 heavy (non-hydrogen) atoms. The van der Waals surface area contributed by atoms with Crippen molar-refractivity contribution in [3.8, 4) is 23.4 Å². The fraction of sp³-hybridized carbons (Fsp3) is 0.276. The lowest BCUT2D eigenvalue weighted by Crippen LogP contribution is -2.44. The molecule has 2 aromatic carbocycles. The van der Waals surface area contributed by atoms with Crippen LogP contribution in [0.2, 0.25) is 0 Å². The van der Waals surface area contributed by atoms with Gasteiger partial charge < -0.3 is 24.2 Å². The monoisotopic (exact) mass is 527 g/mol. The molecule has 0 atom stereocenters. The SMILES string of the molecule is C=CC(=O)N1CCCc2c(Oc3nc(Oc4ccc(N5CCN(C)CC5)cc4)nc4ccsc34)cccc21. The summed E-state index contributed by atoms with van der Waals surface area (Å²) in [6, 6.07) is 16.0. The summed E-state index contributed by atoms with van der Waals surface area (Å²) in [6.07, 6.45) is 3.02. The van der Waals surface area contributed by atoms with Crippen LogP contribution in [0.3, 0.4) is 0 Å². The fourth-order valence-electron chi connectivity index (χ4n) is 4.96. The minimum absolute atomic E-state index is 0.111. The number of likely N-dealkylation sites (N-methyl/N-ethyl adjacent to an activating group) is 1. The van der Waals surface area contributed by atoms with Crippen molar-refractivity contribution in [3.63, 3.8) is 0 Å². The van der Waals surface area contributed by atoms with Crippen LogP contribution in [0.25, 0.3) is 10.2 Å². The first-order valence-electron chi connectivity index (χ1n) is 12.8. The van der Waals surface area contributed by atoms with Gasteiger partial charge in [-0.25, -0.2) is 0 Å². The van der Waals surface area contributed by atoms with Crippen molar-refractivity contribution in [3.05, 3.63) is 72.1 Å². The van der Waals surface area contributed by atoms with Crippen LogP contribution < -0.4 is 19.3 Å². The van der Waals surface area contributed by atoms with Crippen LogP contribution >= 0.6 is 11.3 Å². The number of hydrogen-bond donors (Lipinski definition) is 0. The number of piperazine rings is 1. The Bertz CT molecular complexity index is 1480. The Morgan fingerprint density at radius 2 is 1.82 bits per heavy atom. The zero-order valence-corrected chi connectivity index (χ0v) is 22.1. The molecule has 194 valence electrons. The maximum atomic E-state index is 12.4. The predicted octanol–water partition coefficient (Wildman–Crippen LogP) is 5.49. The molecule has 0 unspecified atom stereocenters. The Balaban J connectivity index is 1.26. The second kappa shape index (κ2) is 10.4. The zero-order valence-electron chi connectivity index (χ0n) is 21.3. The number of rotatable bonds is 6. The fourth-order valence-corrected chi connectivity index (χ4v) is 5.71. The van der Waals surface area contributed by atoms with Crippen molar-refractivity contribution in [2.24, 2.45) is 0 Å². The molecule has 2 aromatic heterocycles. The summed E-state index contributed by atoms with van der Waals surface area (Å²) in [5, 5.41) is 1.96. The van der Waals surface area contributed by atoms with E-state index in [1.807, 2.05) is 41.8 Å². The van der Waals surface area contributed by atoms with Gasteiger partial charge in [0.05, 0.1) is 11.2 Å². The van der Waals surface area contributed by atoms with E-state index in [1.54, 1.807) is 4.90 Å². The summed E-state index contributed by atoms with van der Waals surface area (Å²) < 4.78 is 13.3. The van der Waals surface area contributed by atoms with E-state index in [0.717, 1.165) is 60.5 Å². The van der Waals surface area contributed by atoms with Crippen LogP contribution in [0.5, 0.6) is 23.4 Å². The molecule has 8 nitrogen and oxygen atoms in total. The second-order valence-corrected chi connectivity index (χ2v) is 10.4. The van der Waals surface area contributed by atoms with E-state index >= 15 is 0 Å². The highest BCUT2D eigenvalue weighted by atomic mass is 32.1. The quantitative estimate of drug-likeness (QED) is 0.307. The molecule has 4 heterocycles. The number of fused-ring (bicyclic) bond motifs is 2. The number of carbonyl (C=O) groups excluding carboxylic acids is 1. The topological polar surface area (TPSA) is 71.0 Å². The molecule has 1 fully saturated rings. The van der Waals surface area contributed by atoms with E-state index in [4.69, 9.17) is 9.47 Å². The summed E-state index contributed by atoms with van der Waals surface area (Å²) in [7, 11) is 2.15. The highest BCUT2D eigenvalue weighted by molar-refractivity contribution is 7.17. The van der Waals surface area contributed by atoms with Gasteiger partial charge in [-0.2, -0.15) is 9.97 Å². The van der Waals surface area contributed by atoms with Gasteiger partial charge in [0, 0.05) is 44.0 Å². The summed E-state index contributed by atoms with van der Waals surface area (Å²) >= 11 is 1.52. The molecule has 0 N–H and O–H groups in total. The number of hydrogen-bond acceptors (Lipinski definition) is 8. The van der Waals surface area contributed by atoms with Crippen LogP contribution in [0.1, 0.15) is 12.0 Å². The normalized spacial score (nSPS) is 15.8. The van der Waals surface area contributed by atoms with Crippen molar-refractivity contribution in [2.75, 3.05) is 49.6 Å². The van der Waals surface area contributed by atoms with Crippen LogP contribution in [0, 0.1) is 0 Å². The van der Waals surface area contributed by atoms with Gasteiger partial charge in [-0.3, -0.25) is 4.79 Å². The van der Waals surface area contributed by atoms with Crippen molar-refractivity contribution in [1.82, 2.24) is 14.9 Å².